The van der Waals surface area contributed by atoms with Crippen molar-refractivity contribution in [2.45, 2.75) is 31.8 Å². The van der Waals surface area contributed by atoms with Gasteiger partial charge in [0.25, 0.3) is 0 Å². The second kappa shape index (κ2) is 5.60. The lowest BCUT2D eigenvalue weighted by molar-refractivity contribution is -0.129. The summed E-state index contributed by atoms with van der Waals surface area (Å²) in [5.41, 5.74) is 0. The highest BCUT2D eigenvalue weighted by Crippen LogP contribution is 2.19. The van der Waals surface area contributed by atoms with Crippen LogP contribution in [0.25, 0.3) is 0 Å². The summed E-state index contributed by atoms with van der Waals surface area (Å²) in [6.45, 7) is 5.75. The molecule has 1 aromatic rings. The predicted octanol–water partition coefficient (Wildman–Crippen LogP) is 0.651. The van der Waals surface area contributed by atoms with Gasteiger partial charge in [0.2, 0.25) is 11.1 Å². The van der Waals surface area contributed by atoms with Crippen molar-refractivity contribution in [3.63, 3.8) is 0 Å². The van der Waals surface area contributed by atoms with Crippen molar-refractivity contribution in [1.29, 1.82) is 0 Å². The Hall–Kier alpha value is -1.24. The van der Waals surface area contributed by atoms with Gasteiger partial charge in [0, 0.05) is 13.1 Å². The number of aryl methyl sites for hydroxylation is 1. The normalized spacial score (nSPS) is 17.1. The molecular weight excluding hydrogens is 250 g/mol. The van der Waals surface area contributed by atoms with Gasteiger partial charge in [-0.3, -0.25) is 4.79 Å². The van der Waals surface area contributed by atoms with E-state index in [-0.39, 0.29) is 5.91 Å². The molecule has 1 aliphatic heterocycles. The molecule has 1 fully saturated rings. The van der Waals surface area contributed by atoms with E-state index in [2.05, 4.69) is 17.1 Å². The molecule has 0 saturated carbocycles. The average molecular weight is 269 g/mol. The number of carbonyl (C=O) groups is 1. The summed E-state index contributed by atoms with van der Waals surface area (Å²) in [4.78, 5) is 13.9. The lowest BCUT2D eigenvalue weighted by Crippen LogP contribution is -2.39. The lowest BCUT2D eigenvalue weighted by Gasteiger charge is -2.30. The molecule has 1 aromatic heterocycles. The van der Waals surface area contributed by atoms with E-state index in [1.807, 2.05) is 4.90 Å². The van der Waals surface area contributed by atoms with E-state index < -0.39 is 0 Å². The number of likely N-dealkylation sites (tertiary alicyclic amines) is 1. The molecule has 0 aromatic carbocycles. The molecule has 0 aliphatic carbocycles. The first-order valence-electron chi connectivity index (χ1n) is 6.15. The minimum atomic E-state index is 0.160. The number of amides is 1. The molecule has 2 heterocycles. The summed E-state index contributed by atoms with van der Waals surface area (Å²) in [6.07, 6.45) is 2.20. The molecule has 0 radical (unpaired) electrons. The van der Waals surface area contributed by atoms with Gasteiger partial charge in [0.15, 0.2) is 0 Å². The van der Waals surface area contributed by atoms with Gasteiger partial charge in [-0.25, -0.2) is 4.68 Å². The van der Waals surface area contributed by atoms with Crippen LogP contribution in [0.1, 0.15) is 25.6 Å². The summed E-state index contributed by atoms with van der Waals surface area (Å²) in [5.74, 6) is 7.65. The quantitative estimate of drug-likeness (QED) is 0.644. The highest BCUT2D eigenvalue weighted by Gasteiger charge is 2.20. The Balaban J connectivity index is 1.83. The maximum absolute atomic E-state index is 12.0. The topological polar surface area (TPSA) is 77.0 Å². The smallest absolute Gasteiger partial charge is 0.233 e. The van der Waals surface area contributed by atoms with E-state index in [4.69, 9.17) is 5.84 Å². The van der Waals surface area contributed by atoms with Crippen LogP contribution in [0.4, 0.5) is 0 Å². The van der Waals surface area contributed by atoms with E-state index in [9.17, 15) is 4.79 Å². The Labute approximate surface area is 111 Å². The van der Waals surface area contributed by atoms with Crippen molar-refractivity contribution in [3.05, 3.63) is 5.82 Å². The van der Waals surface area contributed by atoms with Crippen LogP contribution in [-0.4, -0.2) is 44.5 Å². The fraction of sp³-hybridized carbons (Fsp3) is 0.727. The number of hydrogen-bond donors (Lipinski definition) is 1. The predicted molar refractivity (Wildman–Crippen MR) is 70.6 cm³/mol. The number of thioether (sulfide) groups is 1. The zero-order valence-corrected chi connectivity index (χ0v) is 11.6. The second-order valence-electron chi connectivity index (χ2n) is 4.75. The van der Waals surface area contributed by atoms with Crippen molar-refractivity contribution in [3.8, 4) is 0 Å². The van der Waals surface area contributed by atoms with Crippen LogP contribution in [0.5, 0.6) is 0 Å². The van der Waals surface area contributed by atoms with Crippen LogP contribution in [-0.2, 0) is 4.79 Å². The molecule has 1 amide bonds. The molecule has 1 saturated heterocycles. The highest BCUT2D eigenvalue weighted by molar-refractivity contribution is 7.99. The Morgan fingerprint density at radius 1 is 1.44 bits per heavy atom. The van der Waals surface area contributed by atoms with E-state index in [1.54, 1.807) is 6.92 Å². The number of nitrogens with zero attached hydrogens (tertiary/aromatic N) is 4. The van der Waals surface area contributed by atoms with E-state index in [0.717, 1.165) is 31.8 Å². The molecule has 18 heavy (non-hydrogen) atoms. The Bertz CT molecular complexity index is 425. The molecule has 6 nitrogen and oxygen atoms in total. The van der Waals surface area contributed by atoms with Gasteiger partial charge in [-0.15, -0.1) is 10.2 Å². The van der Waals surface area contributed by atoms with E-state index in [1.165, 1.54) is 16.4 Å². The third-order valence-electron chi connectivity index (χ3n) is 3.30. The van der Waals surface area contributed by atoms with Crippen LogP contribution in [0.3, 0.4) is 0 Å². The largest absolute Gasteiger partial charge is 0.342 e. The minimum Gasteiger partial charge on any atom is -0.342 e. The SMILES string of the molecule is Cc1nnc(SCC(=O)N2CCC(C)CC2)n1N. The fourth-order valence-electron chi connectivity index (χ4n) is 1.92. The summed E-state index contributed by atoms with van der Waals surface area (Å²) < 4.78 is 1.41. The molecule has 100 valence electrons. The maximum atomic E-state index is 12.0. The summed E-state index contributed by atoms with van der Waals surface area (Å²) in [6, 6.07) is 0. The number of rotatable bonds is 3. The van der Waals surface area contributed by atoms with Gasteiger partial charge in [-0.05, 0) is 25.7 Å². The first kappa shape index (κ1) is 13.2. The third-order valence-corrected chi connectivity index (χ3v) is 4.22. The van der Waals surface area contributed by atoms with Gasteiger partial charge in [0.05, 0.1) is 5.75 Å². The van der Waals surface area contributed by atoms with Crippen molar-refractivity contribution in [1.82, 2.24) is 19.8 Å². The summed E-state index contributed by atoms with van der Waals surface area (Å²) in [7, 11) is 0. The van der Waals surface area contributed by atoms with Crippen LogP contribution >= 0.6 is 11.8 Å². The monoisotopic (exact) mass is 269 g/mol. The molecule has 2 N–H and O–H groups in total. The van der Waals surface area contributed by atoms with E-state index >= 15 is 0 Å². The molecule has 0 spiro atoms. The first-order chi connectivity index (χ1) is 8.58. The molecule has 0 bridgehead atoms. The summed E-state index contributed by atoms with van der Waals surface area (Å²) >= 11 is 1.34. The van der Waals surface area contributed by atoms with Crippen LogP contribution in [0.2, 0.25) is 0 Å². The molecule has 0 atom stereocenters. The van der Waals surface area contributed by atoms with Crippen LogP contribution in [0.15, 0.2) is 5.16 Å². The zero-order chi connectivity index (χ0) is 13.1. The highest BCUT2D eigenvalue weighted by atomic mass is 32.2. The lowest BCUT2D eigenvalue weighted by atomic mass is 9.99. The van der Waals surface area contributed by atoms with Crippen molar-refractivity contribution >= 4 is 17.7 Å². The van der Waals surface area contributed by atoms with Crippen molar-refractivity contribution in [2.75, 3.05) is 24.7 Å². The van der Waals surface area contributed by atoms with Crippen LogP contribution < -0.4 is 5.84 Å². The number of piperidine rings is 1. The maximum Gasteiger partial charge on any atom is 0.233 e. The van der Waals surface area contributed by atoms with Crippen molar-refractivity contribution in [2.24, 2.45) is 5.92 Å². The van der Waals surface area contributed by atoms with Gasteiger partial charge in [-0.1, -0.05) is 18.7 Å². The van der Waals surface area contributed by atoms with Crippen molar-refractivity contribution < 1.29 is 4.79 Å². The van der Waals surface area contributed by atoms with Gasteiger partial charge >= 0.3 is 0 Å². The number of nitrogen functional groups attached to an aromatic ring is 1. The molecule has 2 rings (SSSR count). The minimum absolute atomic E-state index is 0.160. The Morgan fingerprint density at radius 2 is 2.11 bits per heavy atom. The number of carbonyl (C=O) groups excluding carboxylic acids is 1. The standard InChI is InChI=1S/C11H19N5OS/c1-8-3-5-15(6-4-8)10(17)7-18-11-14-13-9(2)16(11)12/h8H,3-7,12H2,1-2H3. The number of aromatic nitrogens is 3. The van der Waals surface area contributed by atoms with Gasteiger partial charge < -0.3 is 10.7 Å². The molecular formula is C11H19N5OS. The fourth-order valence-corrected chi connectivity index (χ4v) is 2.73. The third kappa shape index (κ3) is 2.95. The van der Waals surface area contributed by atoms with Gasteiger partial charge in [0.1, 0.15) is 5.82 Å². The Morgan fingerprint density at radius 3 is 2.67 bits per heavy atom. The number of nitrogens with two attached hydrogens (primary N) is 1. The summed E-state index contributed by atoms with van der Waals surface area (Å²) in [5, 5.41) is 8.37. The molecule has 7 heteroatoms. The molecule has 0 unspecified atom stereocenters. The second-order valence-corrected chi connectivity index (χ2v) is 5.69. The molecule has 1 aliphatic rings. The van der Waals surface area contributed by atoms with Gasteiger partial charge in [-0.2, -0.15) is 0 Å². The first-order valence-corrected chi connectivity index (χ1v) is 7.14. The Kier molecular flexibility index (Phi) is 4.11. The zero-order valence-electron chi connectivity index (χ0n) is 10.8. The van der Waals surface area contributed by atoms with Crippen LogP contribution in [0, 0.1) is 12.8 Å². The van der Waals surface area contributed by atoms with E-state index in [0.29, 0.717) is 16.7 Å². The average Bonchev–Trinajstić information content (AvgIpc) is 2.68. The number of hydrogen-bond acceptors (Lipinski definition) is 5.